The van der Waals surface area contributed by atoms with Gasteiger partial charge < -0.3 is 10.4 Å². The molecule has 0 saturated heterocycles. The number of fused-ring (bicyclic) bond motifs is 1. The number of nitrogens with one attached hydrogen (secondary N) is 1. The average Bonchev–Trinajstić information content (AvgIpc) is 2.47. The maximum Gasteiger partial charge on any atom is 0.354 e. The number of carbonyl (C=O) groups is 2. The van der Waals surface area contributed by atoms with Gasteiger partial charge in [0.2, 0.25) is 5.91 Å². The second kappa shape index (κ2) is 4.73. The lowest BCUT2D eigenvalue weighted by atomic mass is 9.99. The third-order valence-corrected chi connectivity index (χ3v) is 3.18. The zero-order valence-electron chi connectivity index (χ0n) is 10.5. The van der Waals surface area contributed by atoms with Crippen molar-refractivity contribution in [3.8, 4) is 11.3 Å². The summed E-state index contributed by atoms with van der Waals surface area (Å²) < 4.78 is 0. The molecule has 0 aliphatic carbocycles. The Balaban J connectivity index is 2.01. The normalized spacial score (nSPS) is 13.5. The molecule has 20 heavy (non-hydrogen) atoms. The number of hydrogen-bond acceptors (Lipinski definition) is 4. The molecule has 1 aliphatic heterocycles. The lowest BCUT2D eigenvalue weighted by molar-refractivity contribution is -0.116. The van der Waals surface area contributed by atoms with Crippen LogP contribution in [0.3, 0.4) is 0 Å². The summed E-state index contributed by atoms with van der Waals surface area (Å²) in [7, 11) is 0. The minimum absolute atomic E-state index is 0.0143. The highest BCUT2D eigenvalue weighted by Gasteiger charge is 2.16. The number of carbonyl (C=O) groups excluding carboxylic acids is 1. The summed E-state index contributed by atoms with van der Waals surface area (Å²) in [6.45, 7) is 0. The minimum Gasteiger partial charge on any atom is -0.477 e. The van der Waals surface area contributed by atoms with E-state index in [1.54, 1.807) is 6.07 Å². The van der Waals surface area contributed by atoms with E-state index in [9.17, 15) is 9.59 Å². The monoisotopic (exact) mass is 269 g/mol. The molecule has 1 aliphatic rings. The quantitative estimate of drug-likeness (QED) is 0.866. The topological polar surface area (TPSA) is 92.2 Å². The van der Waals surface area contributed by atoms with Gasteiger partial charge in [0.1, 0.15) is 6.33 Å². The molecule has 0 saturated carbocycles. The van der Waals surface area contributed by atoms with Crippen LogP contribution in [-0.4, -0.2) is 27.0 Å². The number of carboxylic acids is 1. The van der Waals surface area contributed by atoms with Crippen molar-refractivity contribution < 1.29 is 14.7 Å². The molecule has 2 aromatic rings. The van der Waals surface area contributed by atoms with Gasteiger partial charge in [0.05, 0.1) is 5.69 Å². The molecular formula is C14H11N3O3. The predicted molar refractivity (Wildman–Crippen MR) is 71.4 cm³/mol. The molecule has 2 heterocycles. The number of benzene rings is 1. The molecule has 0 atom stereocenters. The summed E-state index contributed by atoms with van der Waals surface area (Å²) in [5, 5.41) is 11.7. The highest BCUT2D eigenvalue weighted by atomic mass is 16.4. The van der Waals surface area contributed by atoms with Crippen molar-refractivity contribution in [1.29, 1.82) is 0 Å². The van der Waals surface area contributed by atoms with Crippen LogP contribution in [0.25, 0.3) is 11.3 Å². The summed E-state index contributed by atoms with van der Waals surface area (Å²) in [5.41, 5.74) is 3.15. The Labute approximate surface area is 114 Å². The fraction of sp³-hybridized carbons (Fsp3) is 0.143. The number of aromatic carboxylic acids is 1. The largest absolute Gasteiger partial charge is 0.477 e. The molecule has 1 aromatic carbocycles. The summed E-state index contributed by atoms with van der Waals surface area (Å²) in [6, 6.07) is 6.97. The zero-order chi connectivity index (χ0) is 14.1. The molecule has 1 aromatic heterocycles. The molecule has 100 valence electrons. The van der Waals surface area contributed by atoms with Crippen LogP contribution >= 0.6 is 0 Å². The van der Waals surface area contributed by atoms with Gasteiger partial charge in [-0.15, -0.1) is 0 Å². The third-order valence-electron chi connectivity index (χ3n) is 3.18. The van der Waals surface area contributed by atoms with E-state index in [1.165, 1.54) is 12.4 Å². The van der Waals surface area contributed by atoms with E-state index in [-0.39, 0.29) is 11.6 Å². The predicted octanol–water partition coefficient (Wildman–Crippen LogP) is 1.73. The first-order chi connectivity index (χ1) is 9.63. The van der Waals surface area contributed by atoms with Gasteiger partial charge in [-0.25, -0.2) is 14.8 Å². The van der Waals surface area contributed by atoms with Crippen molar-refractivity contribution in [2.75, 3.05) is 5.32 Å². The van der Waals surface area contributed by atoms with Gasteiger partial charge >= 0.3 is 5.97 Å². The van der Waals surface area contributed by atoms with Crippen LogP contribution in [0, 0.1) is 0 Å². The smallest absolute Gasteiger partial charge is 0.354 e. The fourth-order valence-corrected chi connectivity index (χ4v) is 2.17. The molecule has 0 spiro atoms. The van der Waals surface area contributed by atoms with Gasteiger partial charge in [0.15, 0.2) is 5.69 Å². The van der Waals surface area contributed by atoms with E-state index in [4.69, 9.17) is 5.11 Å². The number of carboxylic acid groups (broad SMARTS) is 1. The van der Waals surface area contributed by atoms with E-state index in [0.29, 0.717) is 18.5 Å². The zero-order valence-corrected chi connectivity index (χ0v) is 10.5. The number of amides is 1. The number of rotatable bonds is 2. The number of aryl methyl sites for hydroxylation is 1. The highest BCUT2D eigenvalue weighted by molar-refractivity contribution is 5.94. The van der Waals surface area contributed by atoms with Crippen molar-refractivity contribution in [2.45, 2.75) is 12.8 Å². The lowest BCUT2D eigenvalue weighted by Gasteiger charge is -2.17. The van der Waals surface area contributed by atoms with Crippen molar-refractivity contribution >= 4 is 17.6 Å². The molecule has 0 fully saturated rings. The van der Waals surface area contributed by atoms with Crippen molar-refractivity contribution in [2.24, 2.45) is 0 Å². The number of anilines is 1. The van der Waals surface area contributed by atoms with Crippen molar-refractivity contribution in [3.63, 3.8) is 0 Å². The lowest BCUT2D eigenvalue weighted by Crippen LogP contribution is -2.18. The van der Waals surface area contributed by atoms with Crippen LogP contribution in [0.5, 0.6) is 0 Å². The first-order valence-corrected chi connectivity index (χ1v) is 6.12. The average molecular weight is 269 g/mol. The van der Waals surface area contributed by atoms with Gasteiger partial charge in [0, 0.05) is 17.7 Å². The van der Waals surface area contributed by atoms with Crippen LogP contribution in [0.1, 0.15) is 22.5 Å². The Kier molecular flexibility index (Phi) is 2.90. The van der Waals surface area contributed by atoms with E-state index >= 15 is 0 Å². The summed E-state index contributed by atoms with van der Waals surface area (Å²) >= 11 is 0. The maximum atomic E-state index is 11.3. The number of nitrogens with zero attached hydrogens (tertiary/aromatic N) is 2. The Morgan fingerprint density at radius 3 is 2.85 bits per heavy atom. The highest BCUT2D eigenvalue weighted by Crippen LogP contribution is 2.27. The van der Waals surface area contributed by atoms with Gasteiger partial charge in [-0.05, 0) is 30.2 Å². The molecule has 1 amide bonds. The second-order valence-corrected chi connectivity index (χ2v) is 4.51. The first-order valence-electron chi connectivity index (χ1n) is 6.12. The SMILES string of the molecule is O=C1CCc2cc(-c3cc(C(=O)O)ncn3)ccc2N1. The van der Waals surface area contributed by atoms with E-state index in [2.05, 4.69) is 15.3 Å². The van der Waals surface area contributed by atoms with Crippen LogP contribution in [0.4, 0.5) is 5.69 Å². The standard InChI is InChI=1S/C14H11N3O3/c18-13-4-2-8-5-9(1-3-10(8)17-13)11-6-12(14(19)20)16-7-15-11/h1,3,5-7H,2,4H2,(H,17,18)(H,19,20). The van der Waals surface area contributed by atoms with E-state index in [1.807, 2.05) is 12.1 Å². The third kappa shape index (κ3) is 2.23. The summed E-state index contributed by atoms with van der Waals surface area (Å²) in [4.78, 5) is 30.0. The molecule has 2 N–H and O–H groups in total. The molecule has 3 rings (SSSR count). The molecule has 6 nitrogen and oxygen atoms in total. The Morgan fingerprint density at radius 2 is 2.05 bits per heavy atom. The molecule has 0 radical (unpaired) electrons. The molecular weight excluding hydrogens is 258 g/mol. The Hall–Kier alpha value is -2.76. The maximum absolute atomic E-state index is 11.3. The number of hydrogen-bond donors (Lipinski definition) is 2. The molecule has 0 unspecified atom stereocenters. The Morgan fingerprint density at radius 1 is 1.20 bits per heavy atom. The van der Waals surface area contributed by atoms with Gasteiger partial charge in [-0.1, -0.05) is 6.07 Å². The van der Waals surface area contributed by atoms with Gasteiger partial charge in [-0.3, -0.25) is 4.79 Å². The number of aromatic nitrogens is 2. The van der Waals surface area contributed by atoms with Crippen LogP contribution in [-0.2, 0) is 11.2 Å². The summed E-state index contributed by atoms with van der Waals surface area (Å²) in [5.74, 6) is -1.07. The van der Waals surface area contributed by atoms with E-state index in [0.717, 1.165) is 16.8 Å². The van der Waals surface area contributed by atoms with Crippen LogP contribution in [0.2, 0.25) is 0 Å². The van der Waals surface area contributed by atoms with Gasteiger partial charge in [0.25, 0.3) is 0 Å². The second-order valence-electron chi connectivity index (χ2n) is 4.51. The first kappa shape index (κ1) is 12.3. The summed E-state index contributed by atoms with van der Waals surface area (Å²) in [6.07, 6.45) is 2.37. The fourth-order valence-electron chi connectivity index (χ4n) is 2.17. The minimum atomic E-state index is -1.08. The Bertz CT molecular complexity index is 713. The van der Waals surface area contributed by atoms with Crippen LogP contribution in [0.15, 0.2) is 30.6 Å². The van der Waals surface area contributed by atoms with Gasteiger partial charge in [-0.2, -0.15) is 0 Å². The molecule has 6 heteroatoms. The van der Waals surface area contributed by atoms with E-state index < -0.39 is 5.97 Å². The van der Waals surface area contributed by atoms with Crippen molar-refractivity contribution in [3.05, 3.63) is 41.9 Å². The van der Waals surface area contributed by atoms with Crippen molar-refractivity contribution in [1.82, 2.24) is 9.97 Å². The van der Waals surface area contributed by atoms with Crippen LogP contribution < -0.4 is 5.32 Å². The molecule has 0 bridgehead atoms.